The maximum Gasteiger partial charge on any atom is 0.281 e. The van der Waals surface area contributed by atoms with Crippen molar-refractivity contribution in [2.24, 2.45) is 10.2 Å². The highest BCUT2D eigenvalue weighted by Crippen LogP contribution is 2.27. The highest BCUT2D eigenvalue weighted by atomic mass is 19.1. The van der Waals surface area contributed by atoms with Gasteiger partial charge in [0.25, 0.3) is 5.56 Å². The van der Waals surface area contributed by atoms with Crippen molar-refractivity contribution in [3.63, 3.8) is 0 Å². The molecule has 0 saturated heterocycles. The molecular weight excluding hydrogens is 359 g/mol. The molecule has 6 nitrogen and oxygen atoms in total. The van der Waals surface area contributed by atoms with E-state index >= 15 is 0 Å². The maximum absolute atomic E-state index is 13.0. The molecule has 28 heavy (non-hydrogen) atoms. The van der Waals surface area contributed by atoms with E-state index < -0.39 is 11.4 Å². The maximum atomic E-state index is 13.0. The monoisotopic (exact) mass is 376 g/mol. The number of nitriles is 1. The number of hydrogen-bond acceptors (Lipinski definition) is 5. The number of hydrogen-bond donors (Lipinski definition) is 1. The van der Waals surface area contributed by atoms with Crippen LogP contribution in [-0.2, 0) is 13.0 Å². The molecule has 140 valence electrons. The summed E-state index contributed by atoms with van der Waals surface area (Å²) >= 11 is 0. The van der Waals surface area contributed by atoms with Crippen LogP contribution < -0.4 is 5.56 Å². The number of aryl methyl sites for hydroxylation is 1. The highest BCUT2D eigenvalue weighted by Gasteiger charge is 2.19. The molecule has 3 aromatic rings. The minimum absolute atomic E-state index is 0.0271. The van der Waals surface area contributed by atoms with Crippen molar-refractivity contribution in [2.75, 3.05) is 0 Å². The molecule has 0 saturated carbocycles. The number of nitrogens with zero attached hydrogens (tertiary/aromatic N) is 4. The smallest absolute Gasteiger partial charge is 0.281 e. The van der Waals surface area contributed by atoms with Crippen LogP contribution in [-0.4, -0.2) is 9.67 Å². The number of benzene rings is 2. The van der Waals surface area contributed by atoms with Crippen LogP contribution in [0.15, 0.2) is 69.6 Å². The molecule has 0 bridgehead atoms. The number of pyridine rings is 1. The Hall–Kier alpha value is -3.79. The number of rotatable bonds is 5. The summed E-state index contributed by atoms with van der Waals surface area (Å²) in [6.45, 7) is 1.71. The van der Waals surface area contributed by atoms with Crippen LogP contribution in [0.2, 0.25) is 0 Å². The normalized spacial score (nSPS) is 10.9. The highest BCUT2D eigenvalue weighted by molar-refractivity contribution is 5.56. The summed E-state index contributed by atoms with van der Waals surface area (Å²) in [6, 6.07) is 16.7. The molecule has 1 aromatic heterocycles. The first-order chi connectivity index (χ1) is 13.5. The Morgan fingerprint density at radius 2 is 1.79 bits per heavy atom. The zero-order chi connectivity index (χ0) is 20.1. The zero-order valence-corrected chi connectivity index (χ0v) is 15.1. The molecule has 1 N–H and O–H groups in total. The third-order valence-electron chi connectivity index (χ3n) is 4.33. The van der Waals surface area contributed by atoms with Crippen molar-refractivity contribution in [3.8, 4) is 11.9 Å². The summed E-state index contributed by atoms with van der Waals surface area (Å²) in [5, 5.41) is 27.7. The fourth-order valence-corrected chi connectivity index (χ4v) is 2.77. The lowest BCUT2D eigenvalue weighted by atomic mass is 10.1. The van der Waals surface area contributed by atoms with Gasteiger partial charge in [-0.1, -0.05) is 30.3 Å². The van der Waals surface area contributed by atoms with Crippen LogP contribution >= 0.6 is 0 Å². The second-order valence-electron chi connectivity index (χ2n) is 6.15. The third-order valence-corrected chi connectivity index (χ3v) is 4.33. The molecule has 2 aromatic carbocycles. The average molecular weight is 376 g/mol. The molecule has 0 aliphatic heterocycles. The Balaban J connectivity index is 2.01. The van der Waals surface area contributed by atoms with Gasteiger partial charge in [-0.2, -0.15) is 10.4 Å². The van der Waals surface area contributed by atoms with Crippen LogP contribution in [0.4, 0.5) is 15.8 Å². The quantitative estimate of drug-likeness (QED) is 0.663. The van der Waals surface area contributed by atoms with Gasteiger partial charge in [-0.3, -0.25) is 9.36 Å². The van der Waals surface area contributed by atoms with Crippen molar-refractivity contribution in [1.82, 2.24) is 4.57 Å². The van der Waals surface area contributed by atoms with Crippen molar-refractivity contribution in [2.45, 2.75) is 19.9 Å². The van der Waals surface area contributed by atoms with E-state index in [1.54, 1.807) is 0 Å². The molecule has 0 aliphatic rings. The summed E-state index contributed by atoms with van der Waals surface area (Å²) in [5.74, 6) is -0.795. The first-order valence-electron chi connectivity index (χ1n) is 8.59. The number of aromatic nitrogens is 1. The second-order valence-corrected chi connectivity index (χ2v) is 6.15. The van der Waals surface area contributed by atoms with Gasteiger partial charge in [0.05, 0.1) is 5.69 Å². The molecule has 0 radical (unpaired) electrons. The summed E-state index contributed by atoms with van der Waals surface area (Å²) in [5.41, 5.74) is 0.986. The van der Waals surface area contributed by atoms with Gasteiger partial charge >= 0.3 is 0 Å². The van der Waals surface area contributed by atoms with Gasteiger partial charge < -0.3 is 5.11 Å². The van der Waals surface area contributed by atoms with Gasteiger partial charge in [0.2, 0.25) is 5.88 Å². The van der Waals surface area contributed by atoms with Gasteiger partial charge in [0, 0.05) is 12.1 Å². The van der Waals surface area contributed by atoms with Gasteiger partial charge in [-0.15, -0.1) is 5.11 Å². The van der Waals surface area contributed by atoms with Crippen molar-refractivity contribution >= 4 is 11.4 Å². The number of halogens is 1. The van der Waals surface area contributed by atoms with Crippen molar-refractivity contribution in [1.29, 1.82) is 5.26 Å². The average Bonchev–Trinajstić information content (AvgIpc) is 2.70. The molecule has 7 heteroatoms. The van der Waals surface area contributed by atoms with E-state index in [1.807, 2.05) is 36.4 Å². The minimum Gasteiger partial charge on any atom is -0.493 e. The fraction of sp³-hybridized carbons (Fsp3) is 0.143. The van der Waals surface area contributed by atoms with E-state index in [0.29, 0.717) is 12.1 Å². The molecule has 0 atom stereocenters. The molecule has 0 amide bonds. The SMILES string of the molecule is Cc1c(C#N)c(O)n(CCc2ccccc2)c(=O)c1N=Nc1ccc(F)cc1. The lowest BCUT2D eigenvalue weighted by Gasteiger charge is -2.13. The summed E-state index contributed by atoms with van der Waals surface area (Å²) < 4.78 is 14.1. The van der Waals surface area contributed by atoms with E-state index in [0.717, 1.165) is 10.1 Å². The molecule has 3 rings (SSSR count). The lowest BCUT2D eigenvalue weighted by Crippen LogP contribution is -2.22. The molecule has 0 aliphatic carbocycles. The topological polar surface area (TPSA) is 90.7 Å². The number of azo groups is 1. The largest absolute Gasteiger partial charge is 0.493 e. The van der Waals surface area contributed by atoms with Crippen LogP contribution in [0.3, 0.4) is 0 Å². The lowest BCUT2D eigenvalue weighted by molar-refractivity contribution is 0.404. The van der Waals surface area contributed by atoms with E-state index in [2.05, 4.69) is 10.2 Å². The van der Waals surface area contributed by atoms with Gasteiger partial charge in [0.15, 0.2) is 5.69 Å². The number of aromatic hydroxyl groups is 1. The van der Waals surface area contributed by atoms with Crippen LogP contribution in [0.25, 0.3) is 0 Å². The fourth-order valence-electron chi connectivity index (χ4n) is 2.77. The predicted molar refractivity (Wildman–Crippen MR) is 103 cm³/mol. The Bertz CT molecular complexity index is 1110. The van der Waals surface area contributed by atoms with Crippen LogP contribution in [0.5, 0.6) is 5.88 Å². The Morgan fingerprint density at radius 3 is 2.43 bits per heavy atom. The Morgan fingerprint density at radius 1 is 1.11 bits per heavy atom. The second kappa shape index (κ2) is 8.27. The van der Waals surface area contributed by atoms with Crippen molar-refractivity contribution in [3.05, 3.63) is 87.5 Å². The summed E-state index contributed by atoms with van der Waals surface area (Å²) in [7, 11) is 0. The summed E-state index contributed by atoms with van der Waals surface area (Å²) in [4.78, 5) is 12.9. The molecular formula is C21H17FN4O2. The Labute approximate surface area is 160 Å². The summed E-state index contributed by atoms with van der Waals surface area (Å²) in [6.07, 6.45) is 0.497. The third kappa shape index (κ3) is 3.96. The minimum atomic E-state index is -0.546. The van der Waals surface area contributed by atoms with E-state index in [4.69, 9.17) is 0 Å². The van der Waals surface area contributed by atoms with Gasteiger partial charge in [-0.25, -0.2) is 4.39 Å². The first-order valence-corrected chi connectivity index (χ1v) is 8.59. The zero-order valence-electron chi connectivity index (χ0n) is 15.1. The molecule has 1 heterocycles. The molecule has 0 fully saturated rings. The standard InChI is InChI=1S/C21H17FN4O2/c1-14-18(13-23)20(27)26(12-11-15-5-3-2-4-6-15)21(28)19(14)25-24-17-9-7-16(22)8-10-17/h2-10,27H,11-12H2,1H3. The van der Waals surface area contributed by atoms with Gasteiger partial charge in [0.1, 0.15) is 17.4 Å². The van der Waals surface area contributed by atoms with Crippen LogP contribution in [0.1, 0.15) is 16.7 Å². The van der Waals surface area contributed by atoms with Gasteiger partial charge in [-0.05, 0) is 43.2 Å². The Kier molecular flexibility index (Phi) is 5.61. The van der Waals surface area contributed by atoms with Crippen molar-refractivity contribution < 1.29 is 9.50 Å². The van der Waals surface area contributed by atoms with E-state index in [1.165, 1.54) is 31.2 Å². The molecule has 0 spiro atoms. The predicted octanol–water partition coefficient (Wildman–Crippen LogP) is 4.53. The van der Waals surface area contributed by atoms with Crippen LogP contribution in [0, 0.1) is 24.1 Å². The molecule has 0 unspecified atom stereocenters. The van der Waals surface area contributed by atoms with E-state index in [9.17, 15) is 19.6 Å². The van der Waals surface area contributed by atoms with E-state index in [-0.39, 0.29) is 29.2 Å². The first kappa shape index (κ1) is 19.0.